The predicted molar refractivity (Wildman–Crippen MR) is 155 cm³/mol. The van der Waals surface area contributed by atoms with Crippen molar-refractivity contribution in [2.75, 3.05) is 17.7 Å². The molecule has 6 N–H and O–H groups in total. The summed E-state index contributed by atoms with van der Waals surface area (Å²) < 4.78 is 11.5. The largest absolute Gasteiger partial charge is 0.487 e. The Morgan fingerprint density at radius 3 is 2.17 bits per heavy atom. The first-order chi connectivity index (χ1) is 19.9. The summed E-state index contributed by atoms with van der Waals surface area (Å²) in [5, 5.41) is 27.7. The maximum absolute atomic E-state index is 13.3. The first kappa shape index (κ1) is 28.7. The van der Waals surface area contributed by atoms with Gasteiger partial charge >= 0.3 is 5.97 Å². The lowest BCUT2D eigenvalue weighted by molar-refractivity contribution is -0.138. The van der Waals surface area contributed by atoms with Crippen molar-refractivity contribution >= 4 is 29.1 Å². The van der Waals surface area contributed by atoms with E-state index in [1.807, 2.05) is 48.5 Å². The highest BCUT2D eigenvalue weighted by molar-refractivity contribution is 5.97. The molecular formula is C31H30N4O6. The smallest absolute Gasteiger partial charge is 0.330 e. The summed E-state index contributed by atoms with van der Waals surface area (Å²) in [5.41, 5.74) is 8.83. The van der Waals surface area contributed by atoms with Crippen molar-refractivity contribution in [3.8, 4) is 5.75 Å². The molecule has 4 rings (SSSR count). The molecule has 10 nitrogen and oxygen atoms in total. The minimum Gasteiger partial charge on any atom is -0.487 e. The van der Waals surface area contributed by atoms with E-state index in [1.54, 1.807) is 54.6 Å². The summed E-state index contributed by atoms with van der Waals surface area (Å²) in [6.07, 6.45) is -0.899. The van der Waals surface area contributed by atoms with Gasteiger partial charge in [-0.3, -0.25) is 4.79 Å². The molecule has 2 atom stereocenters. The van der Waals surface area contributed by atoms with Gasteiger partial charge in [0, 0.05) is 18.4 Å². The fourth-order valence-corrected chi connectivity index (χ4v) is 4.16. The van der Waals surface area contributed by atoms with Crippen LogP contribution in [-0.4, -0.2) is 35.1 Å². The molecule has 0 aliphatic carbocycles. The maximum atomic E-state index is 13.3. The first-order valence-electron chi connectivity index (χ1n) is 12.7. The summed E-state index contributed by atoms with van der Waals surface area (Å²) in [7, 11) is 1.44. The number of hydrogen-bond acceptors (Lipinski definition) is 7. The molecule has 0 aliphatic heterocycles. The zero-order valence-corrected chi connectivity index (χ0v) is 22.2. The number of anilines is 2. The Kier molecular flexibility index (Phi) is 9.53. The number of carboxylic acid groups (broad SMARTS) is 1. The Morgan fingerprint density at radius 2 is 1.56 bits per heavy atom. The van der Waals surface area contributed by atoms with Crippen molar-refractivity contribution in [3.05, 3.63) is 125 Å². The number of nitrogens with two attached hydrogens (primary N) is 1. The molecule has 0 aliphatic rings. The molecule has 0 heterocycles. The van der Waals surface area contributed by atoms with E-state index in [1.165, 1.54) is 7.11 Å². The molecule has 4 aromatic rings. The standard InChI is InChI=1S/C31H30N4O6/c1-40-28(21-10-6-3-7-11-21)30(36)34-25-18-23(14-17-26(25)41-19-20-8-4-2-5-9-20)27(31(37)38)33-24-15-12-22(13-16-24)29(32)35-39/h2-18,27-28,33,39H,19H2,1H3,(H2,32,35)(H,34,36)(H,37,38). The van der Waals surface area contributed by atoms with Crippen LogP contribution >= 0.6 is 0 Å². The van der Waals surface area contributed by atoms with Crippen LogP contribution in [0.3, 0.4) is 0 Å². The molecule has 0 saturated heterocycles. The number of nitrogens with one attached hydrogen (secondary N) is 2. The van der Waals surface area contributed by atoms with E-state index in [4.69, 9.17) is 20.4 Å². The van der Waals surface area contributed by atoms with Gasteiger partial charge in [-0.25, -0.2) is 4.79 Å². The topological polar surface area (TPSA) is 155 Å². The molecule has 2 unspecified atom stereocenters. The van der Waals surface area contributed by atoms with E-state index in [0.717, 1.165) is 5.56 Å². The second-order valence-corrected chi connectivity index (χ2v) is 9.02. The second-order valence-electron chi connectivity index (χ2n) is 9.02. The van der Waals surface area contributed by atoms with Crippen LogP contribution in [0.2, 0.25) is 0 Å². The molecule has 0 saturated carbocycles. The number of nitrogens with zero attached hydrogens (tertiary/aromatic N) is 1. The molecule has 41 heavy (non-hydrogen) atoms. The van der Waals surface area contributed by atoms with E-state index in [9.17, 15) is 14.7 Å². The van der Waals surface area contributed by atoms with Crippen molar-refractivity contribution in [1.82, 2.24) is 0 Å². The average Bonchev–Trinajstić information content (AvgIpc) is 3.00. The quantitative estimate of drug-likeness (QED) is 0.0715. The van der Waals surface area contributed by atoms with Crippen molar-refractivity contribution < 1.29 is 29.4 Å². The first-order valence-corrected chi connectivity index (χ1v) is 12.7. The van der Waals surface area contributed by atoms with Crippen molar-refractivity contribution in [1.29, 1.82) is 0 Å². The third kappa shape index (κ3) is 7.40. The highest BCUT2D eigenvalue weighted by atomic mass is 16.5. The molecule has 10 heteroatoms. The number of carboxylic acids is 1. The monoisotopic (exact) mass is 554 g/mol. The number of carbonyl (C=O) groups excluding carboxylic acids is 1. The molecular weight excluding hydrogens is 524 g/mol. The zero-order valence-electron chi connectivity index (χ0n) is 22.2. The molecule has 0 aromatic heterocycles. The van der Waals surface area contributed by atoms with Gasteiger partial charge in [0.25, 0.3) is 5.91 Å². The van der Waals surface area contributed by atoms with Gasteiger partial charge in [-0.05, 0) is 53.1 Å². The SMILES string of the molecule is COC(C(=O)Nc1cc(C(Nc2ccc(C(N)=NO)cc2)C(=O)O)ccc1OCc1ccccc1)c1ccccc1. The van der Waals surface area contributed by atoms with E-state index >= 15 is 0 Å². The Morgan fingerprint density at radius 1 is 0.902 bits per heavy atom. The fourth-order valence-electron chi connectivity index (χ4n) is 4.16. The third-order valence-corrected chi connectivity index (χ3v) is 6.25. The van der Waals surface area contributed by atoms with Crippen molar-refractivity contribution in [3.63, 3.8) is 0 Å². The minimum atomic E-state index is -1.17. The molecule has 0 radical (unpaired) electrons. The van der Waals surface area contributed by atoms with Crippen LogP contribution in [0, 0.1) is 0 Å². The van der Waals surface area contributed by atoms with Crippen LogP contribution in [0.1, 0.15) is 34.4 Å². The Labute approximate surface area is 237 Å². The van der Waals surface area contributed by atoms with Crippen molar-refractivity contribution in [2.45, 2.75) is 18.8 Å². The minimum absolute atomic E-state index is 0.0670. The number of amides is 1. The molecule has 210 valence electrons. The van der Waals surface area contributed by atoms with Gasteiger partial charge in [0.15, 0.2) is 18.0 Å². The van der Waals surface area contributed by atoms with Gasteiger partial charge in [0.2, 0.25) is 0 Å². The average molecular weight is 555 g/mol. The third-order valence-electron chi connectivity index (χ3n) is 6.25. The molecule has 0 bridgehead atoms. The van der Waals surface area contributed by atoms with Gasteiger partial charge in [0.1, 0.15) is 12.4 Å². The lowest BCUT2D eigenvalue weighted by Gasteiger charge is -2.21. The maximum Gasteiger partial charge on any atom is 0.330 e. The number of aliphatic carboxylic acids is 1. The van der Waals surface area contributed by atoms with E-state index in [-0.39, 0.29) is 18.1 Å². The van der Waals surface area contributed by atoms with Crippen LogP contribution < -0.4 is 21.1 Å². The Balaban J connectivity index is 1.64. The van der Waals surface area contributed by atoms with Crippen LogP contribution in [0.5, 0.6) is 5.75 Å². The van der Waals surface area contributed by atoms with Crippen LogP contribution in [0.25, 0.3) is 0 Å². The number of methoxy groups -OCH3 is 1. The Bertz CT molecular complexity index is 1490. The predicted octanol–water partition coefficient (Wildman–Crippen LogP) is 4.92. The van der Waals surface area contributed by atoms with Gasteiger partial charge < -0.3 is 36.2 Å². The number of ether oxygens (including phenoxy) is 2. The Hall–Kier alpha value is -5.35. The number of rotatable bonds is 12. The van der Waals surface area contributed by atoms with Gasteiger partial charge in [-0.15, -0.1) is 0 Å². The van der Waals surface area contributed by atoms with Gasteiger partial charge in [-0.2, -0.15) is 0 Å². The summed E-state index contributed by atoms with van der Waals surface area (Å²) >= 11 is 0. The molecule has 0 spiro atoms. The molecule has 0 fully saturated rings. The summed E-state index contributed by atoms with van der Waals surface area (Å²) in [5.74, 6) is -1.29. The number of oxime groups is 1. The lowest BCUT2D eigenvalue weighted by Crippen LogP contribution is -2.24. The van der Waals surface area contributed by atoms with E-state index < -0.39 is 24.0 Å². The summed E-state index contributed by atoms with van der Waals surface area (Å²) in [4.78, 5) is 25.6. The van der Waals surface area contributed by atoms with Gasteiger partial charge in [0.05, 0.1) is 5.69 Å². The van der Waals surface area contributed by atoms with Crippen molar-refractivity contribution in [2.24, 2.45) is 10.9 Å². The number of benzene rings is 4. The van der Waals surface area contributed by atoms with Crippen LogP contribution in [-0.2, 0) is 20.9 Å². The van der Waals surface area contributed by atoms with Gasteiger partial charge in [-0.1, -0.05) is 71.9 Å². The molecule has 1 amide bonds. The zero-order chi connectivity index (χ0) is 29.2. The normalized spacial score (nSPS) is 12.7. The number of amidine groups is 1. The summed E-state index contributed by atoms with van der Waals surface area (Å²) in [6.45, 7) is 0.239. The second kappa shape index (κ2) is 13.6. The highest BCUT2D eigenvalue weighted by Crippen LogP contribution is 2.32. The molecule has 4 aromatic carbocycles. The number of hydrogen-bond donors (Lipinski definition) is 5. The lowest BCUT2D eigenvalue weighted by atomic mass is 10.0. The van der Waals surface area contributed by atoms with E-state index in [0.29, 0.717) is 28.1 Å². The number of carbonyl (C=O) groups is 2. The van der Waals surface area contributed by atoms with Crippen LogP contribution in [0.15, 0.2) is 108 Å². The van der Waals surface area contributed by atoms with Crippen LogP contribution in [0.4, 0.5) is 11.4 Å². The van der Waals surface area contributed by atoms with E-state index in [2.05, 4.69) is 15.8 Å². The highest BCUT2D eigenvalue weighted by Gasteiger charge is 2.25. The summed E-state index contributed by atoms with van der Waals surface area (Å²) in [6, 6.07) is 28.6. The fraction of sp³-hybridized carbons (Fsp3) is 0.129.